The average molecular weight is 522 g/mol. The fourth-order valence-electron chi connectivity index (χ4n) is 4.59. The molecule has 5 rings (SSSR count). The first-order valence-electron chi connectivity index (χ1n) is 12.3. The summed E-state index contributed by atoms with van der Waals surface area (Å²) < 4.78 is 40.5. The Hall–Kier alpha value is -4.28. The van der Waals surface area contributed by atoms with Crippen LogP contribution in [0.15, 0.2) is 55.0 Å². The van der Waals surface area contributed by atoms with Crippen LogP contribution in [0.25, 0.3) is 22.8 Å². The third kappa shape index (κ3) is 4.71. The number of hydrogen-bond acceptors (Lipinski definition) is 6. The van der Waals surface area contributed by atoms with Gasteiger partial charge in [0.1, 0.15) is 17.5 Å². The van der Waals surface area contributed by atoms with Gasteiger partial charge in [0.05, 0.1) is 18.5 Å². The van der Waals surface area contributed by atoms with E-state index in [9.17, 15) is 18.0 Å². The van der Waals surface area contributed by atoms with Gasteiger partial charge in [-0.3, -0.25) is 9.69 Å². The highest BCUT2D eigenvalue weighted by Crippen LogP contribution is 2.34. The molecule has 0 saturated heterocycles. The average Bonchev–Trinajstić information content (AvgIpc) is 3.45. The number of pyridine rings is 1. The van der Waals surface area contributed by atoms with Crippen LogP contribution in [0.5, 0.6) is 0 Å². The molecule has 0 spiro atoms. The molecule has 0 aliphatic carbocycles. The van der Waals surface area contributed by atoms with Crippen molar-refractivity contribution in [1.29, 1.82) is 0 Å². The number of aryl methyl sites for hydroxylation is 1. The number of imidazole rings is 1. The van der Waals surface area contributed by atoms with E-state index in [1.165, 1.54) is 11.6 Å². The van der Waals surface area contributed by atoms with Crippen LogP contribution in [0.3, 0.4) is 0 Å². The number of hydrogen-bond donors (Lipinski definition) is 0. The summed E-state index contributed by atoms with van der Waals surface area (Å²) in [5.41, 5.74) is 1.95. The number of carbonyl (C=O) groups excluding carboxylic acids is 1. The van der Waals surface area contributed by atoms with E-state index in [1.54, 1.807) is 41.6 Å². The Morgan fingerprint density at radius 1 is 1.03 bits per heavy atom. The smallest absolute Gasteiger partial charge is 0.357 e. The standard InChI is InChI=1S/C27H26F3N7O/c1-4-36(5-2)26-20(7-6-12-31-26)23-32-14-19-13-22(38)37(25(19)34-23)15-17-8-10-18(11-9-17)24-33-21(16-35(24)3)27(28,29)30/h6-12,14,16H,4-5,13,15H2,1-3H3. The van der Waals surface area contributed by atoms with Gasteiger partial charge in [0.25, 0.3) is 0 Å². The summed E-state index contributed by atoms with van der Waals surface area (Å²) >= 11 is 0. The molecule has 1 aliphatic rings. The molecule has 0 radical (unpaired) electrons. The largest absolute Gasteiger partial charge is 0.434 e. The van der Waals surface area contributed by atoms with E-state index in [4.69, 9.17) is 4.98 Å². The lowest BCUT2D eigenvalue weighted by molar-refractivity contribution is -0.140. The summed E-state index contributed by atoms with van der Waals surface area (Å²) in [7, 11) is 1.52. The number of halogens is 3. The number of carbonyl (C=O) groups is 1. The predicted molar refractivity (Wildman–Crippen MR) is 137 cm³/mol. The van der Waals surface area contributed by atoms with Crippen LogP contribution >= 0.6 is 0 Å². The van der Waals surface area contributed by atoms with Crippen LogP contribution in [0.2, 0.25) is 0 Å². The predicted octanol–water partition coefficient (Wildman–Crippen LogP) is 4.89. The van der Waals surface area contributed by atoms with Crippen molar-refractivity contribution in [3.8, 4) is 22.8 Å². The van der Waals surface area contributed by atoms with Gasteiger partial charge in [-0.25, -0.2) is 19.9 Å². The highest BCUT2D eigenvalue weighted by molar-refractivity contribution is 6.00. The van der Waals surface area contributed by atoms with Crippen molar-refractivity contribution >= 4 is 17.5 Å². The van der Waals surface area contributed by atoms with Crippen molar-refractivity contribution in [3.05, 3.63) is 71.8 Å². The van der Waals surface area contributed by atoms with Crippen LogP contribution in [0.1, 0.15) is 30.7 Å². The third-order valence-electron chi connectivity index (χ3n) is 6.55. The molecule has 8 nitrogen and oxygen atoms in total. The molecule has 0 N–H and O–H groups in total. The molecule has 3 aromatic heterocycles. The quantitative estimate of drug-likeness (QED) is 0.345. The number of alkyl halides is 3. The second kappa shape index (κ2) is 9.88. The van der Waals surface area contributed by atoms with Gasteiger partial charge in [-0.1, -0.05) is 24.3 Å². The zero-order valence-electron chi connectivity index (χ0n) is 21.2. The molecular formula is C27H26F3N7O. The lowest BCUT2D eigenvalue weighted by Gasteiger charge is -2.22. The van der Waals surface area contributed by atoms with Crippen LogP contribution in [0, 0.1) is 0 Å². The van der Waals surface area contributed by atoms with Crippen LogP contribution in [-0.4, -0.2) is 43.5 Å². The fraction of sp³-hybridized carbons (Fsp3) is 0.296. The van der Waals surface area contributed by atoms with Crippen LogP contribution in [0.4, 0.5) is 24.8 Å². The summed E-state index contributed by atoms with van der Waals surface area (Å²) in [5.74, 6) is 1.95. The zero-order valence-corrected chi connectivity index (χ0v) is 21.2. The van der Waals surface area contributed by atoms with E-state index in [2.05, 4.69) is 33.7 Å². The molecule has 4 heterocycles. The molecule has 0 fully saturated rings. The Morgan fingerprint density at radius 2 is 1.76 bits per heavy atom. The van der Waals surface area contributed by atoms with E-state index in [-0.39, 0.29) is 24.7 Å². The topological polar surface area (TPSA) is 80.0 Å². The Labute approximate surface area is 217 Å². The van der Waals surface area contributed by atoms with Gasteiger partial charge in [-0.05, 0) is 31.5 Å². The maximum absolute atomic E-state index is 13.1. The lowest BCUT2D eigenvalue weighted by Crippen LogP contribution is -2.27. The third-order valence-corrected chi connectivity index (χ3v) is 6.55. The molecule has 38 heavy (non-hydrogen) atoms. The SMILES string of the molecule is CCN(CC)c1ncccc1-c1ncc2c(n1)N(Cc1ccc(-c3nc(C(F)(F)F)cn3C)cc1)C(=O)C2. The summed E-state index contributed by atoms with van der Waals surface area (Å²) in [6.07, 6.45) is 0.0867. The molecule has 196 valence electrons. The highest BCUT2D eigenvalue weighted by Gasteiger charge is 2.34. The summed E-state index contributed by atoms with van der Waals surface area (Å²) in [6.45, 7) is 5.94. The van der Waals surface area contributed by atoms with Gasteiger partial charge >= 0.3 is 6.18 Å². The number of anilines is 2. The van der Waals surface area contributed by atoms with E-state index in [0.717, 1.165) is 41.8 Å². The summed E-state index contributed by atoms with van der Waals surface area (Å²) in [5, 5.41) is 0. The normalized spacial score (nSPS) is 13.2. The molecule has 1 aliphatic heterocycles. The second-order valence-electron chi connectivity index (χ2n) is 9.00. The molecular weight excluding hydrogens is 495 g/mol. The van der Waals surface area contributed by atoms with E-state index >= 15 is 0 Å². The van der Waals surface area contributed by atoms with Crippen LogP contribution < -0.4 is 9.80 Å². The molecule has 0 saturated carbocycles. The Balaban J connectivity index is 1.42. The highest BCUT2D eigenvalue weighted by atomic mass is 19.4. The van der Waals surface area contributed by atoms with Gasteiger partial charge in [0.2, 0.25) is 5.91 Å². The molecule has 4 aromatic rings. The minimum absolute atomic E-state index is 0.0930. The summed E-state index contributed by atoms with van der Waals surface area (Å²) in [4.78, 5) is 34.2. The van der Waals surface area contributed by atoms with Crippen molar-refractivity contribution < 1.29 is 18.0 Å². The number of benzene rings is 1. The summed E-state index contributed by atoms with van der Waals surface area (Å²) in [6, 6.07) is 10.7. The number of amides is 1. The first-order chi connectivity index (χ1) is 18.2. The van der Waals surface area contributed by atoms with E-state index < -0.39 is 11.9 Å². The maximum Gasteiger partial charge on any atom is 0.434 e. The van der Waals surface area contributed by atoms with Gasteiger partial charge in [-0.15, -0.1) is 0 Å². The van der Waals surface area contributed by atoms with Crippen molar-refractivity contribution in [1.82, 2.24) is 24.5 Å². The molecule has 0 bridgehead atoms. The molecule has 1 amide bonds. The van der Waals surface area contributed by atoms with Crippen molar-refractivity contribution in [2.45, 2.75) is 33.0 Å². The number of rotatable bonds is 7. The monoisotopic (exact) mass is 521 g/mol. The minimum atomic E-state index is -4.51. The molecule has 0 unspecified atom stereocenters. The molecule has 1 aromatic carbocycles. The Morgan fingerprint density at radius 3 is 2.42 bits per heavy atom. The fourth-order valence-corrected chi connectivity index (χ4v) is 4.59. The van der Waals surface area contributed by atoms with Gasteiger partial charge < -0.3 is 9.47 Å². The van der Waals surface area contributed by atoms with Crippen molar-refractivity contribution in [2.24, 2.45) is 7.05 Å². The Bertz CT molecular complexity index is 1480. The molecule has 11 heteroatoms. The van der Waals surface area contributed by atoms with E-state index in [0.29, 0.717) is 17.2 Å². The first kappa shape index (κ1) is 25.4. The lowest BCUT2D eigenvalue weighted by atomic mass is 10.1. The van der Waals surface area contributed by atoms with Crippen LogP contribution in [-0.2, 0) is 31.0 Å². The van der Waals surface area contributed by atoms with E-state index in [1.807, 2.05) is 12.1 Å². The maximum atomic E-state index is 13.1. The second-order valence-corrected chi connectivity index (χ2v) is 9.00. The van der Waals surface area contributed by atoms with Crippen molar-refractivity contribution in [3.63, 3.8) is 0 Å². The zero-order chi connectivity index (χ0) is 27.0. The number of aromatic nitrogens is 5. The van der Waals surface area contributed by atoms with Crippen molar-refractivity contribution in [2.75, 3.05) is 22.9 Å². The minimum Gasteiger partial charge on any atom is -0.357 e. The van der Waals surface area contributed by atoms with Gasteiger partial charge in [-0.2, -0.15) is 13.2 Å². The number of fused-ring (bicyclic) bond motifs is 1. The Kier molecular flexibility index (Phi) is 6.60. The van der Waals surface area contributed by atoms with Gasteiger partial charge in [0, 0.05) is 49.9 Å². The first-order valence-corrected chi connectivity index (χ1v) is 12.3. The van der Waals surface area contributed by atoms with Gasteiger partial charge in [0.15, 0.2) is 11.5 Å². The number of nitrogens with zero attached hydrogens (tertiary/aromatic N) is 7. The molecule has 0 atom stereocenters.